The second kappa shape index (κ2) is 19.7. The largest absolute Gasteiger partial charge is 4.00 e. The van der Waals surface area contributed by atoms with Crippen LogP contribution >= 0.6 is 15.2 Å². The van der Waals surface area contributed by atoms with E-state index in [-0.39, 0.29) is 33.4 Å². The molecule has 0 atom stereocenters. The molecule has 0 fully saturated rings. The van der Waals surface area contributed by atoms with Gasteiger partial charge in [-0.15, -0.1) is 0 Å². The van der Waals surface area contributed by atoms with Crippen molar-refractivity contribution in [2.75, 3.05) is 12.3 Å². The summed E-state index contributed by atoms with van der Waals surface area (Å²) in [6, 6.07) is 0. The Bertz CT molecular complexity index is 323. The van der Waals surface area contributed by atoms with Gasteiger partial charge in [-0.1, -0.05) is 93.2 Å². The zero-order chi connectivity index (χ0) is 18.9. The van der Waals surface area contributed by atoms with E-state index in [0.717, 1.165) is 38.5 Å². The van der Waals surface area contributed by atoms with Crippen LogP contribution in [0.5, 0.6) is 0 Å². The molecule has 0 bridgehead atoms. The van der Waals surface area contributed by atoms with E-state index in [1.807, 2.05) is 0 Å². The second-order valence-corrected chi connectivity index (χ2v) is 9.54. The van der Waals surface area contributed by atoms with Crippen molar-refractivity contribution in [1.29, 1.82) is 0 Å². The van der Waals surface area contributed by atoms with Gasteiger partial charge in [0.15, 0.2) is 0 Å². The molecule has 0 amide bonds. The minimum absolute atomic E-state index is 0. The Hall–Kier alpha value is 0.988. The van der Waals surface area contributed by atoms with Crippen LogP contribution in [0.2, 0.25) is 0 Å². The monoisotopic (exact) mass is 482 g/mol. The van der Waals surface area contributed by atoms with E-state index < -0.39 is 15.2 Å². The number of hydrogen-bond acceptors (Lipinski definition) is 6. The van der Waals surface area contributed by atoms with E-state index in [1.165, 1.54) is 25.7 Å². The van der Waals surface area contributed by atoms with Crippen LogP contribution in [0, 0.1) is 0 Å². The van der Waals surface area contributed by atoms with E-state index in [4.69, 9.17) is 0 Å². The van der Waals surface area contributed by atoms with Crippen molar-refractivity contribution < 1.29 is 49.8 Å². The van der Waals surface area contributed by atoms with Crippen LogP contribution in [0.4, 0.5) is 0 Å². The van der Waals surface area contributed by atoms with E-state index in [2.05, 4.69) is 13.8 Å². The molecule has 0 aliphatic carbocycles. The summed E-state index contributed by atoms with van der Waals surface area (Å²) in [5, 5.41) is 0. The molecule has 150 valence electrons. The summed E-state index contributed by atoms with van der Waals surface area (Å²) in [5.41, 5.74) is 0. The molecule has 0 aromatic heterocycles. The SMILES string of the molecule is CCCCCCCCP(=O)([O-])[O-].CCCCCCCCP(=O)([O-])[O-].[Mo+4]. The topological polar surface area (TPSA) is 126 Å². The molecule has 0 N–H and O–H groups in total. The predicted molar refractivity (Wildman–Crippen MR) is 91.7 cm³/mol. The van der Waals surface area contributed by atoms with E-state index >= 15 is 0 Å². The Morgan fingerprint density at radius 1 is 0.520 bits per heavy atom. The third-order valence-electron chi connectivity index (χ3n) is 3.57. The summed E-state index contributed by atoms with van der Waals surface area (Å²) in [6.07, 6.45) is 11.6. The fourth-order valence-electron chi connectivity index (χ4n) is 2.17. The number of hydrogen-bond donors (Lipinski definition) is 0. The zero-order valence-electron chi connectivity index (χ0n) is 15.7. The third kappa shape index (κ3) is 36.6. The van der Waals surface area contributed by atoms with E-state index in [9.17, 15) is 28.7 Å². The first kappa shape index (κ1) is 30.7. The molecule has 6 nitrogen and oxygen atoms in total. The van der Waals surface area contributed by atoms with E-state index in [0.29, 0.717) is 12.8 Å². The minimum Gasteiger partial charge on any atom is -0.811 e. The predicted octanol–water partition coefficient (Wildman–Crippen LogP) is 2.52. The maximum Gasteiger partial charge on any atom is 4.00 e. The Labute approximate surface area is 168 Å². The molecule has 0 aromatic rings. The molecule has 0 aliphatic heterocycles. The van der Waals surface area contributed by atoms with Crippen molar-refractivity contribution in [3.63, 3.8) is 0 Å². The maximum absolute atomic E-state index is 10.2. The minimum atomic E-state index is -4.22. The van der Waals surface area contributed by atoms with Crippen LogP contribution < -0.4 is 19.6 Å². The first-order chi connectivity index (χ1) is 11.1. The molecule has 0 saturated heterocycles. The van der Waals surface area contributed by atoms with Gasteiger partial charge in [0.2, 0.25) is 0 Å². The Morgan fingerprint density at radius 2 is 0.760 bits per heavy atom. The van der Waals surface area contributed by atoms with Crippen LogP contribution in [0.25, 0.3) is 0 Å². The molecule has 0 unspecified atom stereocenters. The molecule has 25 heavy (non-hydrogen) atoms. The van der Waals surface area contributed by atoms with Gasteiger partial charge in [0, 0.05) is 0 Å². The van der Waals surface area contributed by atoms with Crippen molar-refractivity contribution >= 4 is 15.2 Å². The van der Waals surface area contributed by atoms with Crippen LogP contribution in [0.1, 0.15) is 90.9 Å². The first-order valence-corrected chi connectivity index (χ1v) is 12.6. The van der Waals surface area contributed by atoms with Gasteiger partial charge < -0.3 is 28.7 Å². The molecule has 0 aliphatic rings. The van der Waals surface area contributed by atoms with Gasteiger partial charge in [-0.25, -0.2) is 0 Å². The molecule has 0 radical (unpaired) electrons. The van der Waals surface area contributed by atoms with Crippen molar-refractivity contribution in [2.24, 2.45) is 0 Å². The Morgan fingerprint density at radius 3 is 1.00 bits per heavy atom. The molecule has 0 saturated carbocycles. The van der Waals surface area contributed by atoms with Gasteiger partial charge >= 0.3 is 21.1 Å². The molecular formula is C16H34MoO6P2. The van der Waals surface area contributed by atoms with Crippen LogP contribution in [0.3, 0.4) is 0 Å². The fourth-order valence-corrected chi connectivity index (χ4v) is 3.39. The van der Waals surface area contributed by atoms with Crippen molar-refractivity contribution in [3.05, 3.63) is 0 Å². The van der Waals surface area contributed by atoms with Crippen molar-refractivity contribution in [3.8, 4) is 0 Å². The van der Waals surface area contributed by atoms with Gasteiger partial charge in [0.1, 0.15) is 0 Å². The third-order valence-corrected chi connectivity index (χ3v) is 5.30. The Kier molecular flexibility index (Phi) is 24.2. The first-order valence-electron chi connectivity index (χ1n) is 9.14. The van der Waals surface area contributed by atoms with Gasteiger partial charge in [0.25, 0.3) is 0 Å². The smallest absolute Gasteiger partial charge is 0.811 e. The summed E-state index contributed by atoms with van der Waals surface area (Å²) in [4.78, 5) is 40.8. The summed E-state index contributed by atoms with van der Waals surface area (Å²) in [7, 11) is -8.44. The molecule has 9 heteroatoms. The summed E-state index contributed by atoms with van der Waals surface area (Å²) < 4.78 is 20.4. The zero-order valence-corrected chi connectivity index (χ0v) is 19.4. The molecule has 0 spiro atoms. The second-order valence-electron chi connectivity index (χ2n) is 6.20. The van der Waals surface area contributed by atoms with Gasteiger partial charge in [-0.3, -0.25) is 0 Å². The molecular weight excluding hydrogens is 446 g/mol. The van der Waals surface area contributed by atoms with Crippen molar-refractivity contribution in [2.45, 2.75) is 90.9 Å². The quantitative estimate of drug-likeness (QED) is 0.214. The van der Waals surface area contributed by atoms with Gasteiger partial charge in [-0.05, 0) is 25.2 Å². The summed E-state index contributed by atoms with van der Waals surface area (Å²) >= 11 is 0. The van der Waals surface area contributed by atoms with Gasteiger partial charge in [-0.2, -0.15) is 0 Å². The average Bonchev–Trinajstić information content (AvgIpc) is 2.45. The van der Waals surface area contributed by atoms with E-state index in [1.54, 1.807) is 0 Å². The van der Waals surface area contributed by atoms with Crippen LogP contribution in [0.15, 0.2) is 0 Å². The molecule has 0 aromatic carbocycles. The fraction of sp³-hybridized carbons (Fsp3) is 1.00. The molecule has 0 rings (SSSR count). The van der Waals surface area contributed by atoms with Gasteiger partial charge in [0.05, 0.1) is 0 Å². The number of rotatable bonds is 14. The standard InChI is InChI=1S/2C8H19O3P.Mo/c2*1-2-3-4-5-6-7-8-12(9,10)11;/h2*2-8H2,1H3,(H2,9,10,11);/q;;+4/p-4. The number of unbranched alkanes of at least 4 members (excludes halogenated alkanes) is 10. The average molecular weight is 480 g/mol. The maximum atomic E-state index is 10.2. The van der Waals surface area contributed by atoms with Crippen LogP contribution in [-0.2, 0) is 30.2 Å². The Balaban J connectivity index is -0.000000372. The normalized spacial score (nSPS) is 11.4. The summed E-state index contributed by atoms with van der Waals surface area (Å²) in [6.45, 7) is 4.26. The summed E-state index contributed by atoms with van der Waals surface area (Å²) in [5.74, 6) is 0. The molecule has 0 heterocycles. The van der Waals surface area contributed by atoms with Crippen molar-refractivity contribution in [1.82, 2.24) is 0 Å². The van der Waals surface area contributed by atoms with Crippen LogP contribution in [-0.4, -0.2) is 12.3 Å².